The van der Waals surface area contributed by atoms with Crippen molar-refractivity contribution in [2.75, 3.05) is 50.0 Å². The molecule has 0 atom stereocenters. The zero-order valence-electron chi connectivity index (χ0n) is 19.8. The first kappa shape index (κ1) is 25.0. The van der Waals surface area contributed by atoms with E-state index in [1.54, 1.807) is 19.2 Å². The van der Waals surface area contributed by atoms with Gasteiger partial charge in [-0.25, -0.2) is 9.97 Å². The molecule has 0 unspecified atom stereocenters. The van der Waals surface area contributed by atoms with Gasteiger partial charge >= 0.3 is 6.18 Å². The summed E-state index contributed by atoms with van der Waals surface area (Å²) in [5.41, 5.74) is 0.988. The highest BCUT2D eigenvalue weighted by molar-refractivity contribution is 8.01. The minimum atomic E-state index is -4.48. The van der Waals surface area contributed by atoms with Crippen LogP contribution in [-0.2, 0) is 12.7 Å². The van der Waals surface area contributed by atoms with Crippen molar-refractivity contribution in [3.63, 3.8) is 0 Å². The van der Waals surface area contributed by atoms with Crippen molar-refractivity contribution < 1.29 is 18.0 Å². The number of nitrogens with zero attached hydrogens (tertiary/aromatic N) is 5. The van der Waals surface area contributed by atoms with E-state index >= 15 is 0 Å². The molecule has 3 aromatic rings. The molecule has 1 aromatic carbocycles. The number of amides is 1. The van der Waals surface area contributed by atoms with Gasteiger partial charge in [0.25, 0.3) is 5.91 Å². The average molecular weight is 535 g/mol. The Balaban J connectivity index is 1.38. The third-order valence-corrected chi connectivity index (χ3v) is 8.57. The van der Waals surface area contributed by atoms with Gasteiger partial charge in [-0.15, -0.1) is 11.3 Å². The molecular weight excluding hydrogens is 509 g/mol. The second kappa shape index (κ2) is 10.0. The van der Waals surface area contributed by atoms with Crippen LogP contribution in [0.2, 0.25) is 0 Å². The predicted octanol–water partition coefficient (Wildman–Crippen LogP) is 5.18. The number of thiophene rings is 1. The van der Waals surface area contributed by atoms with E-state index in [2.05, 4.69) is 32.0 Å². The number of piperazine rings is 1. The summed E-state index contributed by atoms with van der Waals surface area (Å²) in [4.78, 5) is 27.3. The van der Waals surface area contributed by atoms with E-state index < -0.39 is 11.7 Å². The lowest BCUT2D eigenvalue weighted by Crippen LogP contribution is -2.45. The quantitative estimate of drug-likeness (QED) is 0.453. The number of aromatic nitrogens is 2. The number of hydrogen-bond acceptors (Lipinski definition) is 8. The monoisotopic (exact) mass is 534 g/mol. The van der Waals surface area contributed by atoms with Crippen LogP contribution >= 0.6 is 23.1 Å². The maximum absolute atomic E-state index is 14.0. The van der Waals surface area contributed by atoms with Crippen molar-refractivity contribution >= 4 is 46.3 Å². The van der Waals surface area contributed by atoms with Crippen LogP contribution in [0.1, 0.15) is 28.4 Å². The Morgan fingerprint density at radius 1 is 1.11 bits per heavy atom. The van der Waals surface area contributed by atoms with Gasteiger partial charge < -0.3 is 15.1 Å². The zero-order valence-corrected chi connectivity index (χ0v) is 21.4. The standard InChI is InChI=1S/C24H25F3N6OS2/c1-3-32-7-9-33(10-8-32)14-15-4-5-16(12-18(15)24(25,26)27)29-23-28-13-19-20(30-23)36-22-17(6-11-35-22)21(34)31(19)2/h4-6,11-13H,3,7-10,14H2,1-2H3,(H,28,29,30). The van der Waals surface area contributed by atoms with E-state index in [4.69, 9.17) is 0 Å². The number of likely N-dealkylation sites (N-methyl/N-ethyl adjacent to an activating group) is 1. The van der Waals surface area contributed by atoms with Crippen molar-refractivity contribution in [1.82, 2.24) is 19.8 Å². The van der Waals surface area contributed by atoms with Crippen LogP contribution in [0, 0.1) is 0 Å². The molecule has 190 valence electrons. The van der Waals surface area contributed by atoms with Crippen LogP contribution in [-0.4, -0.2) is 65.4 Å². The van der Waals surface area contributed by atoms with Crippen molar-refractivity contribution in [3.05, 3.63) is 52.5 Å². The summed E-state index contributed by atoms with van der Waals surface area (Å²) in [7, 11) is 1.65. The number of benzene rings is 1. The normalized spacial score (nSPS) is 17.0. The van der Waals surface area contributed by atoms with E-state index in [-0.39, 0.29) is 29.7 Å². The summed E-state index contributed by atoms with van der Waals surface area (Å²) < 4.78 is 42.7. The Hall–Kier alpha value is -2.67. The molecule has 1 amide bonds. The first-order valence-corrected chi connectivity index (χ1v) is 13.2. The van der Waals surface area contributed by atoms with Gasteiger partial charge in [-0.05, 0) is 35.7 Å². The lowest BCUT2D eigenvalue weighted by molar-refractivity contribution is -0.138. The van der Waals surface area contributed by atoms with Gasteiger partial charge in [0, 0.05) is 45.5 Å². The third-order valence-electron chi connectivity index (χ3n) is 6.43. The molecule has 0 aliphatic carbocycles. The maximum atomic E-state index is 14.0. The highest BCUT2D eigenvalue weighted by Crippen LogP contribution is 2.42. The molecule has 2 aliphatic heterocycles. The van der Waals surface area contributed by atoms with Crippen molar-refractivity contribution in [2.45, 2.75) is 28.9 Å². The van der Waals surface area contributed by atoms with E-state index in [0.29, 0.717) is 16.3 Å². The minimum Gasteiger partial charge on any atom is -0.324 e. The molecule has 2 aromatic heterocycles. The summed E-state index contributed by atoms with van der Waals surface area (Å²) in [6, 6.07) is 6.04. The Labute approximate surface area is 215 Å². The van der Waals surface area contributed by atoms with Gasteiger partial charge in [0.2, 0.25) is 5.95 Å². The molecule has 0 bridgehead atoms. The van der Waals surface area contributed by atoms with Gasteiger partial charge in [0.15, 0.2) is 0 Å². The van der Waals surface area contributed by atoms with Crippen LogP contribution in [0.5, 0.6) is 0 Å². The number of halogens is 3. The fourth-order valence-electron chi connectivity index (χ4n) is 4.33. The average Bonchev–Trinajstić information content (AvgIpc) is 3.29. The van der Waals surface area contributed by atoms with Crippen molar-refractivity contribution in [1.29, 1.82) is 0 Å². The molecule has 0 radical (unpaired) electrons. The summed E-state index contributed by atoms with van der Waals surface area (Å²) >= 11 is 2.79. The lowest BCUT2D eigenvalue weighted by Gasteiger charge is -2.34. The van der Waals surface area contributed by atoms with Crippen LogP contribution in [0.3, 0.4) is 0 Å². The van der Waals surface area contributed by atoms with E-state index in [1.165, 1.54) is 40.3 Å². The minimum absolute atomic E-state index is 0.150. The highest BCUT2D eigenvalue weighted by Gasteiger charge is 2.34. The molecule has 1 fully saturated rings. The van der Waals surface area contributed by atoms with Gasteiger partial charge in [-0.1, -0.05) is 24.8 Å². The summed E-state index contributed by atoms with van der Waals surface area (Å²) in [6.07, 6.45) is -2.97. The van der Waals surface area contributed by atoms with Gasteiger partial charge in [0.05, 0.1) is 27.2 Å². The second-order valence-corrected chi connectivity index (χ2v) is 10.9. The second-order valence-electron chi connectivity index (χ2n) is 8.68. The number of anilines is 3. The number of nitrogens with one attached hydrogen (secondary N) is 1. The number of carbonyl (C=O) groups is 1. The first-order chi connectivity index (χ1) is 17.2. The Morgan fingerprint density at radius 3 is 2.58 bits per heavy atom. The molecule has 2 aliphatic rings. The number of fused-ring (bicyclic) bond motifs is 2. The molecule has 1 saturated heterocycles. The molecule has 7 nitrogen and oxygen atoms in total. The Morgan fingerprint density at radius 2 is 1.86 bits per heavy atom. The van der Waals surface area contributed by atoms with Crippen LogP contribution in [0.15, 0.2) is 45.1 Å². The van der Waals surface area contributed by atoms with Gasteiger partial charge in [0.1, 0.15) is 5.03 Å². The van der Waals surface area contributed by atoms with Crippen LogP contribution in [0.4, 0.5) is 30.5 Å². The predicted molar refractivity (Wildman–Crippen MR) is 135 cm³/mol. The first-order valence-electron chi connectivity index (χ1n) is 11.5. The largest absolute Gasteiger partial charge is 0.416 e. The molecule has 36 heavy (non-hydrogen) atoms. The molecule has 1 N–H and O–H groups in total. The highest BCUT2D eigenvalue weighted by atomic mass is 32.2. The topological polar surface area (TPSA) is 64.6 Å². The van der Waals surface area contributed by atoms with Crippen LogP contribution in [0.25, 0.3) is 0 Å². The van der Waals surface area contributed by atoms with E-state index in [1.807, 2.05) is 5.38 Å². The molecule has 12 heteroatoms. The van der Waals surface area contributed by atoms with Gasteiger partial charge in [-0.2, -0.15) is 13.2 Å². The van der Waals surface area contributed by atoms with E-state index in [9.17, 15) is 18.0 Å². The molecular formula is C24H25F3N6OS2. The fourth-order valence-corrected chi connectivity index (χ4v) is 6.40. The fraction of sp³-hybridized carbons (Fsp3) is 0.375. The number of alkyl halides is 3. The molecule has 0 spiro atoms. The molecule has 4 heterocycles. The smallest absolute Gasteiger partial charge is 0.324 e. The van der Waals surface area contributed by atoms with Crippen LogP contribution < -0.4 is 10.2 Å². The molecule has 5 rings (SSSR count). The summed E-state index contributed by atoms with van der Waals surface area (Å²) in [5.74, 6) is 0.0157. The molecule has 0 saturated carbocycles. The number of hydrogen-bond donors (Lipinski definition) is 1. The SMILES string of the molecule is CCN1CCN(Cc2ccc(Nc3ncc4c(n3)Sc3sccc3C(=O)N4C)cc2C(F)(F)F)CC1. The number of rotatable bonds is 5. The van der Waals surface area contributed by atoms with E-state index in [0.717, 1.165) is 43.0 Å². The van der Waals surface area contributed by atoms with Crippen molar-refractivity contribution in [2.24, 2.45) is 0 Å². The Kier molecular flexibility index (Phi) is 6.95. The van der Waals surface area contributed by atoms with Crippen molar-refractivity contribution in [3.8, 4) is 0 Å². The van der Waals surface area contributed by atoms with Gasteiger partial charge in [-0.3, -0.25) is 9.69 Å². The Bertz CT molecular complexity index is 1270. The number of carbonyl (C=O) groups excluding carboxylic acids is 1. The zero-order chi connectivity index (χ0) is 25.4. The third kappa shape index (κ3) is 5.08. The summed E-state index contributed by atoms with van der Waals surface area (Å²) in [5, 5.41) is 5.32. The maximum Gasteiger partial charge on any atom is 0.416 e. The lowest BCUT2D eigenvalue weighted by atomic mass is 10.0. The summed E-state index contributed by atoms with van der Waals surface area (Å²) in [6.45, 7) is 6.50.